The zero-order chi connectivity index (χ0) is 86.4. The number of carbonyl (C=O) groups is 15. The van der Waals surface area contributed by atoms with Gasteiger partial charge in [-0.1, -0.05) is 124 Å². The lowest BCUT2D eigenvalue weighted by Crippen LogP contribution is -2.62. The Balaban J connectivity index is 1.10. The number of aliphatic hydroxyl groups excluding tert-OH is 1. The maximum absolute atomic E-state index is 15.5. The molecule has 1 aromatic heterocycles. The van der Waals surface area contributed by atoms with Gasteiger partial charge >= 0.3 is 12.1 Å². The summed E-state index contributed by atoms with van der Waals surface area (Å²) in [5.41, 5.74) is 13.7. The first-order valence-electron chi connectivity index (χ1n) is 39.4. The summed E-state index contributed by atoms with van der Waals surface area (Å²) >= 11 is 6.28. The van der Waals surface area contributed by atoms with E-state index in [1.165, 1.54) is 73.5 Å². The molecule has 11 atom stereocenters. The number of aliphatic hydroxyl groups is 1. The van der Waals surface area contributed by atoms with Gasteiger partial charge in [0.2, 0.25) is 76.8 Å². The minimum absolute atomic E-state index is 0.000562. The number of benzene rings is 5. The van der Waals surface area contributed by atoms with Crippen LogP contribution in [0.3, 0.4) is 0 Å². The topological polar surface area (TPSA) is 525 Å². The van der Waals surface area contributed by atoms with E-state index in [1.807, 2.05) is 56.3 Å². The highest BCUT2D eigenvalue weighted by molar-refractivity contribution is 6.30. The molecule has 5 aromatic carbocycles. The lowest BCUT2D eigenvalue weighted by molar-refractivity contribution is -0.142. The van der Waals surface area contributed by atoms with E-state index >= 15 is 19.2 Å². The summed E-state index contributed by atoms with van der Waals surface area (Å²) in [7, 11) is 0. The van der Waals surface area contributed by atoms with Gasteiger partial charge in [0.1, 0.15) is 66.5 Å². The molecule has 0 aliphatic carbocycles. The van der Waals surface area contributed by atoms with Crippen LogP contribution in [0.15, 0.2) is 140 Å². The zero-order valence-corrected chi connectivity index (χ0v) is 67.9. The fraction of sp³-hybridized carbons (Fsp3) is 0.422. The van der Waals surface area contributed by atoms with Gasteiger partial charge in [0.05, 0.1) is 18.7 Å². The first-order chi connectivity index (χ1) is 56.8. The normalized spacial score (nSPS) is 16.1. The molecule has 0 spiro atoms. The second kappa shape index (κ2) is 45.3. The molecule has 0 radical (unpaired) electrons. The number of rotatable bonds is 43. The highest BCUT2D eigenvalue weighted by Crippen LogP contribution is 2.23. The molecular formula is C83H106ClN19O16. The molecule has 20 N–H and O–H groups in total. The molecule has 6 aromatic rings. The second-order valence-electron chi connectivity index (χ2n) is 30.1. The van der Waals surface area contributed by atoms with E-state index in [4.69, 9.17) is 23.1 Å². The number of urea groups is 2. The van der Waals surface area contributed by atoms with Crippen LogP contribution in [-0.2, 0) is 94.6 Å². The predicted molar refractivity (Wildman–Crippen MR) is 442 cm³/mol. The van der Waals surface area contributed by atoms with Crippen LogP contribution in [0, 0.1) is 5.92 Å². The zero-order valence-electron chi connectivity index (χ0n) is 67.1. The Morgan fingerprint density at radius 3 is 1.61 bits per heavy atom. The number of primary amides is 2. The van der Waals surface area contributed by atoms with Crippen molar-refractivity contribution in [3.8, 4) is 0 Å². The molecule has 119 heavy (non-hydrogen) atoms. The standard InChI is InChI=1S/C83H106ClN19O16/c1-46(2)36-61(73(109)94-60(17-10-12-33-88-47(3)4)81(117)103-35-13-18-69(103)80(116)90-48(5)71(85)107)95-75(111)63(39-52-24-31-58(32-25-52)93-82(86)118)97-76(112)64(40-51-22-29-57(30-23-51)92-72(108)66-42-70(106)102-83(119)101-66)98-79(115)68(45-104)100-78(114)67(44-87-43-59-16-9-11-34-89-59)99-77(113)65(38-50-20-27-56(84)28-21-50)96-74(110)62(91-49(6)105)41-53-19-26-54-14-7-8-15-55(54)37-53/h7-9,11,14-16,19-32,34,37,46-48,60-69,87-88,104H,10,12-13,17-18,33,35-36,38-45H2,1-6H3,(H2,85,107)(H,90,116)(H,91,105)(H,92,108)(H,94,109)(H,95,111)(H,96,110)(H,97,112)(H,98,115)(H,99,113)(H,100,114)(H3,86,93,118)(H2,101,102,106,119)/t48-,60+,61+,62-,63+,64+,65-,66+,67+,68+,69+/m1/s1. The van der Waals surface area contributed by atoms with Crippen LogP contribution in [0.5, 0.6) is 0 Å². The minimum Gasteiger partial charge on any atom is -0.394 e. The number of pyridine rings is 1. The van der Waals surface area contributed by atoms with Gasteiger partial charge in [-0.3, -0.25) is 72.6 Å². The van der Waals surface area contributed by atoms with Crippen LogP contribution in [0.4, 0.5) is 21.0 Å². The summed E-state index contributed by atoms with van der Waals surface area (Å²) in [6.07, 6.45) is 1.95. The monoisotopic (exact) mass is 1660 g/mol. The van der Waals surface area contributed by atoms with Gasteiger partial charge in [-0.05, 0) is 139 Å². The number of unbranched alkanes of at least 4 members (excludes halogenated alkanes) is 1. The average Bonchev–Trinajstić information content (AvgIpc) is 1.47. The van der Waals surface area contributed by atoms with Crippen LogP contribution < -0.4 is 91.2 Å². The number of likely N-dealkylation sites (tertiary alicyclic amines) is 1. The second-order valence-corrected chi connectivity index (χ2v) is 30.6. The number of hydrogen-bond acceptors (Lipinski definition) is 19. The van der Waals surface area contributed by atoms with Gasteiger partial charge < -0.3 is 95.9 Å². The maximum Gasteiger partial charge on any atom is 0.322 e. The van der Waals surface area contributed by atoms with Crippen molar-refractivity contribution in [1.82, 2.24) is 79.0 Å². The first-order valence-corrected chi connectivity index (χ1v) is 39.8. The number of nitrogens with two attached hydrogens (primary N) is 2. The lowest BCUT2D eigenvalue weighted by Gasteiger charge is -2.31. The average molecular weight is 1660 g/mol. The molecule has 8 rings (SSSR count). The third kappa shape index (κ3) is 29.6. The lowest BCUT2D eigenvalue weighted by atomic mass is 9.99. The van der Waals surface area contributed by atoms with Crippen molar-refractivity contribution in [2.24, 2.45) is 17.4 Å². The number of imide groups is 1. The van der Waals surface area contributed by atoms with E-state index in [1.54, 1.807) is 56.3 Å². The van der Waals surface area contributed by atoms with Gasteiger partial charge in [0, 0.05) is 80.9 Å². The molecule has 2 aliphatic rings. The Kier molecular flexibility index (Phi) is 35.0. The van der Waals surface area contributed by atoms with Crippen LogP contribution in [0.2, 0.25) is 5.02 Å². The highest BCUT2D eigenvalue weighted by atomic mass is 35.5. The highest BCUT2D eigenvalue weighted by Gasteiger charge is 2.41. The van der Waals surface area contributed by atoms with Crippen molar-refractivity contribution in [2.75, 3.05) is 36.9 Å². The number of hydrogen-bond donors (Lipinski definition) is 18. The number of carbonyl (C=O) groups excluding carboxylic acids is 15. The molecule has 2 fully saturated rings. The number of amides is 17. The molecule has 2 aliphatic heterocycles. The van der Waals surface area contributed by atoms with Gasteiger partial charge in [-0.2, -0.15) is 0 Å². The van der Waals surface area contributed by atoms with Gasteiger partial charge in [0.15, 0.2) is 0 Å². The summed E-state index contributed by atoms with van der Waals surface area (Å²) in [5.74, 6) is -11.0. The Labute approximate surface area is 693 Å². The third-order valence-corrected chi connectivity index (χ3v) is 19.9. The van der Waals surface area contributed by atoms with Crippen molar-refractivity contribution >= 4 is 123 Å². The van der Waals surface area contributed by atoms with Crippen molar-refractivity contribution < 1.29 is 77.0 Å². The number of fused-ring (bicyclic) bond motifs is 1. The van der Waals surface area contributed by atoms with Crippen LogP contribution >= 0.6 is 11.6 Å². The molecule has 0 saturated carbocycles. The number of anilines is 2. The largest absolute Gasteiger partial charge is 0.394 e. The Morgan fingerprint density at radius 2 is 1.06 bits per heavy atom. The minimum atomic E-state index is -1.93. The van der Waals surface area contributed by atoms with Crippen molar-refractivity contribution in [2.45, 2.75) is 191 Å². The molecule has 3 heterocycles. The molecule has 36 heteroatoms. The van der Waals surface area contributed by atoms with Gasteiger partial charge in [-0.25, -0.2) is 9.59 Å². The first kappa shape index (κ1) is 92.0. The molecule has 0 unspecified atom stereocenters. The number of aromatic nitrogens is 1. The van der Waals surface area contributed by atoms with Crippen molar-refractivity contribution in [3.63, 3.8) is 0 Å². The SMILES string of the molecule is CC(=O)N[C@H](Cc1ccc2ccccc2c1)C(=O)N[C@H](Cc1ccc(Cl)cc1)C(=O)N[C@@H](CNCc1ccccn1)C(=O)N[C@@H](CO)C(=O)N[C@@H](Cc1ccc(NC(=O)[C@@H]2CC(=O)NC(=O)N2)cc1)C(=O)N[C@@H](Cc1ccc(NC(N)=O)cc1)C(=O)N[C@@H](CC(C)C)C(=O)N[C@@H](CCCCNC(C)C)C(=O)N1CCC[C@H]1C(=O)N[C@H](C)C(N)=O. The molecule has 2 saturated heterocycles. The molecule has 17 amide bonds. The smallest absolute Gasteiger partial charge is 0.322 e. The molecule has 35 nitrogen and oxygen atoms in total. The molecular weight excluding hydrogens is 1550 g/mol. The predicted octanol–water partition coefficient (Wildman–Crippen LogP) is 1.06. The molecule has 0 bridgehead atoms. The Bertz CT molecular complexity index is 4570. The summed E-state index contributed by atoms with van der Waals surface area (Å²) in [5, 5.41) is 53.5. The fourth-order valence-corrected chi connectivity index (χ4v) is 13.6. The Morgan fingerprint density at radius 1 is 0.555 bits per heavy atom. The van der Waals surface area contributed by atoms with Gasteiger partial charge in [0.25, 0.3) is 0 Å². The summed E-state index contributed by atoms with van der Waals surface area (Å²) in [6, 6.07) is 19.2. The fourth-order valence-electron chi connectivity index (χ4n) is 13.5. The van der Waals surface area contributed by atoms with Crippen LogP contribution in [0.25, 0.3) is 10.8 Å². The van der Waals surface area contributed by atoms with E-state index < -0.39 is 168 Å². The van der Waals surface area contributed by atoms with E-state index in [9.17, 15) is 57.8 Å². The van der Waals surface area contributed by atoms with Crippen LogP contribution in [-0.4, -0.2) is 203 Å². The summed E-state index contributed by atoms with van der Waals surface area (Å²) < 4.78 is 0. The third-order valence-electron chi connectivity index (χ3n) is 19.7. The summed E-state index contributed by atoms with van der Waals surface area (Å²) in [6.45, 7) is 9.40. The summed E-state index contributed by atoms with van der Waals surface area (Å²) in [4.78, 5) is 214. The van der Waals surface area contributed by atoms with E-state index in [0.29, 0.717) is 53.2 Å². The number of nitrogens with zero attached hydrogens (tertiary/aromatic N) is 2. The maximum atomic E-state index is 15.5. The Hall–Kier alpha value is -12.5. The van der Waals surface area contributed by atoms with Crippen LogP contribution in [0.1, 0.15) is 114 Å². The quantitative estimate of drug-likeness (QED) is 0.0238. The van der Waals surface area contributed by atoms with Crippen molar-refractivity contribution in [3.05, 3.63) is 173 Å². The molecule has 636 valence electrons. The number of halogens is 1. The van der Waals surface area contributed by atoms with E-state index in [2.05, 4.69) is 84.7 Å². The van der Waals surface area contributed by atoms with E-state index in [0.717, 1.165) is 10.8 Å². The van der Waals surface area contributed by atoms with Gasteiger partial charge in [-0.15, -0.1) is 0 Å². The van der Waals surface area contributed by atoms with Crippen molar-refractivity contribution in [1.29, 1.82) is 0 Å². The number of nitrogens with one attached hydrogen (secondary N) is 15. The van der Waals surface area contributed by atoms with E-state index in [-0.39, 0.29) is 93.5 Å².